The first-order valence-electron chi connectivity index (χ1n) is 9.93. The van der Waals surface area contributed by atoms with Gasteiger partial charge < -0.3 is 9.30 Å². The normalized spacial score (nSPS) is 11.0. The van der Waals surface area contributed by atoms with Crippen molar-refractivity contribution in [1.29, 1.82) is 0 Å². The summed E-state index contributed by atoms with van der Waals surface area (Å²) < 4.78 is 7.64. The zero-order valence-electron chi connectivity index (χ0n) is 17.2. The second-order valence-electron chi connectivity index (χ2n) is 7.04. The highest BCUT2D eigenvalue weighted by Gasteiger charge is 2.12. The van der Waals surface area contributed by atoms with Crippen LogP contribution in [0.5, 0.6) is 5.75 Å². The summed E-state index contributed by atoms with van der Waals surface area (Å²) in [6.07, 6.45) is 5.21. The van der Waals surface area contributed by atoms with Crippen LogP contribution in [0.3, 0.4) is 0 Å². The molecule has 0 aliphatic heterocycles. The van der Waals surface area contributed by atoms with Crippen molar-refractivity contribution >= 4 is 46.9 Å². The van der Waals surface area contributed by atoms with Gasteiger partial charge in [0.05, 0.1) is 27.5 Å². The topological polar surface area (TPSA) is 55.6 Å². The van der Waals surface area contributed by atoms with E-state index < -0.39 is 0 Å². The van der Waals surface area contributed by atoms with Crippen LogP contribution in [0.15, 0.2) is 90.3 Å². The van der Waals surface area contributed by atoms with Gasteiger partial charge in [0.2, 0.25) is 0 Å². The number of hydrogen-bond acceptors (Lipinski definition) is 3. The Hall–Kier alpha value is -3.25. The van der Waals surface area contributed by atoms with Crippen molar-refractivity contribution in [3.8, 4) is 11.4 Å². The first kappa shape index (κ1) is 22.9. The zero-order valence-corrected chi connectivity index (χ0v) is 19.5. The number of nitrogens with one attached hydrogen (secondary N) is 1. The quantitative estimate of drug-likeness (QED) is 0.225. The van der Waals surface area contributed by atoms with Crippen LogP contribution in [0.1, 0.15) is 21.5 Å². The van der Waals surface area contributed by atoms with Gasteiger partial charge in [-0.3, -0.25) is 4.79 Å². The Morgan fingerprint density at radius 3 is 2.30 bits per heavy atom. The summed E-state index contributed by atoms with van der Waals surface area (Å²) in [4.78, 5) is 12.7. The molecule has 0 aliphatic carbocycles. The van der Waals surface area contributed by atoms with Crippen molar-refractivity contribution < 1.29 is 9.53 Å². The summed E-state index contributed by atoms with van der Waals surface area (Å²) in [5, 5.41) is 5.37. The predicted molar refractivity (Wildman–Crippen MR) is 133 cm³/mol. The third-order valence-electron chi connectivity index (χ3n) is 4.73. The molecule has 3 aromatic carbocycles. The van der Waals surface area contributed by atoms with Gasteiger partial charge in [0.15, 0.2) is 5.75 Å². The number of ether oxygens (including phenoxy) is 1. The maximum Gasteiger partial charge on any atom is 0.273 e. The molecule has 33 heavy (non-hydrogen) atoms. The third-order valence-corrected chi connectivity index (χ3v) is 5.54. The van der Waals surface area contributed by atoms with Crippen molar-refractivity contribution in [3.63, 3.8) is 0 Å². The molecule has 0 bridgehead atoms. The number of para-hydroxylation sites is 1. The van der Waals surface area contributed by atoms with Crippen LogP contribution >= 0.6 is 34.8 Å². The fraction of sp³-hybridized carbons (Fsp3) is 0.0400. The Kier molecular flexibility index (Phi) is 7.35. The minimum Gasteiger partial charge on any atom is -0.486 e. The molecule has 8 heteroatoms. The van der Waals surface area contributed by atoms with E-state index >= 15 is 0 Å². The highest BCUT2D eigenvalue weighted by Crippen LogP contribution is 2.34. The lowest BCUT2D eigenvalue weighted by Crippen LogP contribution is -2.19. The van der Waals surface area contributed by atoms with E-state index in [1.54, 1.807) is 36.4 Å². The standard InChI is InChI=1S/C25H18Cl3N3O2/c26-19-9-7-17(8-10-19)16-33-24-21(27)13-18(14-22(24)28)15-29-30-25(32)20-5-1-2-6-23(20)31-11-3-4-12-31/h1-15H,16H2,(H,30,32)/b29-15-. The van der Waals surface area contributed by atoms with Crippen molar-refractivity contribution in [1.82, 2.24) is 9.99 Å². The molecule has 0 radical (unpaired) electrons. The lowest BCUT2D eigenvalue weighted by atomic mass is 10.1. The Labute approximate surface area is 206 Å². The minimum absolute atomic E-state index is 0.293. The van der Waals surface area contributed by atoms with E-state index in [0.717, 1.165) is 11.3 Å². The van der Waals surface area contributed by atoms with Crippen LogP contribution in [0.2, 0.25) is 15.1 Å². The van der Waals surface area contributed by atoms with Crippen molar-refractivity contribution in [2.45, 2.75) is 6.61 Å². The summed E-state index contributed by atoms with van der Waals surface area (Å²) in [6, 6.07) is 21.7. The average Bonchev–Trinajstić information content (AvgIpc) is 3.34. The molecule has 1 aromatic heterocycles. The number of carbonyl (C=O) groups is 1. The number of carbonyl (C=O) groups excluding carboxylic acids is 1. The summed E-state index contributed by atoms with van der Waals surface area (Å²) in [5.74, 6) is 0.0331. The van der Waals surface area contributed by atoms with Gasteiger partial charge in [-0.2, -0.15) is 5.10 Å². The van der Waals surface area contributed by atoms with Crippen molar-refractivity contribution in [3.05, 3.63) is 117 Å². The van der Waals surface area contributed by atoms with Crippen LogP contribution in [0, 0.1) is 0 Å². The highest BCUT2D eigenvalue weighted by molar-refractivity contribution is 6.37. The summed E-state index contributed by atoms with van der Waals surface area (Å²) in [6.45, 7) is 0.293. The van der Waals surface area contributed by atoms with E-state index in [0.29, 0.717) is 38.6 Å². The van der Waals surface area contributed by atoms with Gasteiger partial charge in [-0.1, -0.05) is 59.1 Å². The van der Waals surface area contributed by atoms with Gasteiger partial charge in [-0.25, -0.2) is 5.43 Å². The molecule has 1 amide bonds. The van der Waals surface area contributed by atoms with E-state index in [4.69, 9.17) is 39.5 Å². The SMILES string of the molecule is O=C(N/N=C\c1cc(Cl)c(OCc2ccc(Cl)cc2)c(Cl)c1)c1ccccc1-n1cccc1. The van der Waals surface area contributed by atoms with E-state index in [9.17, 15) is 4.79 Å². The number of hydrogen-bond donors (Lipinski definition) is 1. The Morgan fingerprint density at radius 1 is 0.939 bits per heavy atom. The number of benzene rings is 3. The molecule has 166 valence electrons. The van der Waals surface area contributed by atoms with E-state index in [1.807, 2.05) is 53.4 Å². The molecule has 0 saturated heterocycles. The lowest BCUT2D eigenvalue weighted by molar-refractivity contribution is 0.0955. The molecular formula is C25H18Cl3N3O2. The smallest absolute Gasteiger partial charge is 0.273 e. The molecule has 0 spiro atoms. The number of aromatic nitrogens is 1. The Bertz CT molecular complexity index is 1260. The van der Waals surface area contributed by atoms with E-state index in [-0.39, 0.29) is 5.91 Å². The zero-order chi connectivity index (χ0) is 23.2. The number of nitrogens with zero attached hydrogens (tertiary/aromatic N) is 2. The van der Waals surface area contributed by atoms with Gasteiger partial charge in [-0.05, 0) is 59.7 Å². The predicted octanol–water partition coefficient (Wildman–Crippen LogP) is 6.78. The maximum atomic E-state index is 12.7. The third kappa shape index (κ3) is 5.76. The largest absolute Gasteiger partial charge is 0.486 e. The molecule has 4 aromatic rings. The number of halogens is 3. The van der Waals surface area contributed by atoms with Gasteiger partial charge >= 0.3 is 0 Å². The summed E-state index contributed by atoms with van der Waals surface area (Å²) >= 11 is 18.6. The minimum atomic E-state index is -0.337. The molecule has 0 atom stereocenters. The first-order chi connectivity index (χ1) is 16.0. The molecule has 1 heterocycles. The second kappa shape index (κ2) is 10.6. The number of hydrazone groups is 1. The average molecular weight is 499 g/mol. The molecule has 4 rings (SSSR count). The van der Waals surface area contributed by atoms with E-state index in [1.165, 1.54) is 6.21 Å². The fourth-order valence-corrected chi connectivity index (χ4v) is 3.88. The molecule has 1 N–H and O–H groups in total. The molecular weight excluding hydrogens is 481 g/mol. The van der Waals surface area contributed by atoms with Crippen LogP contribution in [0.4, 0.5) is 0 Å². The molecule has 0 unspecified atom stereocenters. The number of amides is 1. The molecule has 5 nitrogen and oxygen atoms in total. The van der Waals surface area contributed by atoms with Gasteiger partial charge in [0.25, 0.3) is 5.91 Å². The maximum absolute atomic E-state index is 12.7. The number of rotatable bonds is 7. The molecule has 0 saturated carbocycles. The van der Waals surface area contributed by atoms with Gasteiger partial charge in [-0.15, -0.1) is 0 Å². The van der Waals surface area contributed by atoms with Crippen LogP contribution in [-0.4, -0.2) is 16.7 Å². The molecule has 0 aliphatic rings. The lowest BCUT2D eigenvalue weighted by Gasteiger charge is -2.11. The first-order valence-corrected chi connectivity index (χ1v) is 11.1. The Morgan fingerprint density at radius 2 is 1.61 bits per heavy atom. The molecule has 0 fully saturated rings. The summed E-state index contributed by atoms with van der Waals surface area (Å²) in [5.41, 5.74) is 5.33. The fourth-order valence-electron chi connectivity index (χ4n) is 3.14. The summed E-state index contributed by atoms with van der Waals surface area (Å²) in [7, 11) is 0. The van der Waals surface area contributed by atoms with Gasteiger partial charge in [0, 0.05) is 17.4 Å². The Balaban J connectivity index is 1.43. The van der Waals surface area contributed by atoms with Crippen molar-refractivity contribution in [2.24, 2.45) is 5.10 Å². The van der Waals surface area contributed by atoms with Crippen molar-refractivity contribution in [2.75, 3.05) is 0 Å². The van der Waals surface area contributed by atoms with Gasteiger partial charge in [0.1, 0.15) is 6.61 Å². The van der Waals surface area contributed by atoms with E-state index in [2.05, 4.69) is 10.5 Å². The van der Waals surface area contributed by atoms with Crippen LogP contribution in [0.25, 0.3) is 5.69 Å². The second-order valence-corrected chi connectivity index (χ2v) is 8.29. The van der Waals surface area contributed by atoms with Crippen LogP contribution < -0.4 is 10.2 Å². The monoisotopic (exact) mass is 497 g/mol. The highest BCUT2D eigenvalue weighted by atomic mass is 35.5. The van der Waals surface area contributed by atoms with Crippen LogP contribution in [-0.2, 0) is 6.61 Å².